The average Bonchev–Trinajstić information content (AvgIpc) is 3.18. The van der Waals surface area contributed by atoms with Gasteiger partial charge in [-0.15, -0.1) is 0 Å². The van der Waals surface area contributed by atoms with Crippen molar-refractivity contribution in [2.45, 2.75) is 6.92 Å². The Kier molecular flexibility index (Phi) is 4.78. The Balaban J connectivity index is 1.67. The highest BCUT2D eigenvalue weighted by Crippen LogP contribution is 2.32. The molecule has 29 heavy (non-hydrogen) atoms. The molecule has 9 nitrogen and oxygen atoms in total. The van der Waals surface area contributed by atoms with Crippen molar-refractivity contribution in [1.82, 2.24) is 30.2 Å². The van der Waals surface area contributed by atoms with Crippen molar-refractivity contribution in [3.8, 4) is 17.0 Å². The summed E-state index contributed by atoms with van der Waals surface area (Å²) in [7, 11) is 3.12. The number of aromatic nitrogens is 5. The normalized spacial score (nSPS) is 10.7. The summed E-state index contributed by atoms with van der Waals surface area (Å²) in [5.74, 6) is 1.43. The van der Waals surface area contributed by atoms with Gasteiger partial charge in [-0.25, -0.2) is 19.9 Å². The minimum absolute atomic E-state index is 0.237. The quantitative estimate of drug-likeness (QED) is 0.480. The Labute approximate surface area is 166 Å². The Morgan fingerprint density at radius 2 is 1.90 bits per heavy atom. The van der Waals surface area contributed by atoms with Crippen LogP contribution in [0.25, 0.3) is 22.0 Å². The van der Waals surface area contributed by atoms with E-state index < -0.39 is 0 Å². The Bertz CT molecular complexity index is 1190. The molecule has 1 amide bonds. The molecule has 4 aromatic rings. The van der Waals surface area contributed by atoms with Gasteiger partial charge in [-0.1, -0.05) is 0 Å². The van der Waals surface area contributed by atoms with Gasteiger partial charge in [0.1, 0.15) is 11.6 Å². The van der Waals surface area contributed by atoms with E-state index >= 15 is 0 Å². The van der Waals surface area contributed by atoms with Crippen LogP contribution >= 0.6 is 0 Å². The maximum absolute atomic E-state index is 12.1. The third-order valence-electron chi connectivity index (χ3n) is 4.54. The molecule has 4 aromatic heterocycles. The standard InChI is InChI=1S/C20H19N7O2/c1-11-6-15(27-16-9-25-17(29-3)10-24-16)23-7-13(11)14-8-26-18-12(14)4-5-22-19(18)20(28)21-2/h4-10,26H,1-3H3,(H,21,28)(H,23,24,27). The molecule has 0 radical (unpaired) electrons. The Morgan fingerprint density at radius 3 is 2.59 bits per heavy atom. The van der Waals surface area contributed by atoms with E-state index in [9.17, 15) is 4.79 Å². The Hall–Kier alpha value is -4.01. The second kappa shape index (κ2) is 7.55. The van der Waals surface area contributed by atoms with Crippen LogP contribution in [0.1, 0.15) is 16.1 Å². The zero-order valence-electron chi connectivity index (χ0n) is 16.1. The number of methoxy groups -OCH3 is 1. The second-order valence-electron chi connectivity index (χ2n) is 6.32. The van der Waals surface area contributed by atoms with E-state index in [0.717, 1.165) is 22.1 Å². The van der Waals surface area contributed by atoms with Gasteiger partial charge in [-0.2, -0.15) is 0 Å². The smallest absolute Gasteiger partial charge is 0.271 e. The van der Waals surface area contributed by atoms with Crippen molar-refractivity contribution in [3.63, 3.8) is 0 Å². The summed E-state index contributed by atoms with van der Waals surface area (Å²) in [5, 5.41) is 6.64. The fourth-order valence-corrected chi connectivity index (χ4v) is 3.09. The lowest BCUT2D eigenvalue weighted by atomic mass is 10.0. The van der Waals surface area contributed by atoms with Crippen LogP contribution in [-0.2, 0) is 0 Å². The van der Waals surface area contributed by atoms with E-state index in [2.05, 4.69) is 35.6 Å². The maximum Gasteiger partial charge on any atom is 0.271 e. The fourth-order valence-electron chi connectivity index (χ4n) is 3.09. The minimum Gasteiger partial charge on any atom is -0.480 e. The van der Waals surface area contributed by atoms with Gasteiger partial charge < -0.3 is 20.4 Å². The van der Waals surface area contributed by atoms with Crippen molar-refractivity contribution >= 4 is 28.4 Å². The molecule has 0 saturated heterocycles. The van der Waals surface area contributed by atoms with Crippen molar-refractivity contribution < 1.29 is 9.53 Å². The van der Waals surface area contributed by atoms with Crippen molar-refractivity contribution in [3.05, 3.63) is 54.4 Å². The maximum atomic E-state index is 12.1. The predicted octanol–water partition coefficient (Wildman–Crippen LogP) is 2.84. The molecule has 0 spiro atoms. The number of H-pyrrole nitrogens is 1. The number of aryl methyl sites for hydroxylation is 1. The number of anilines is 2. The molecule has 0 unspecified atom stereocenters. The Morgan fingerprint density at radius 1 is 1.07 bits per heavy atom. The highest BCUT2D eigenvalue weighted by atomic mass is 16.5. The molecule has 0 aliphatic rings. The van der Waals surface area contributed by atoms with E-state index in [1.165, 1.54) is 6.20 Å². The van der Waals surface area contributed by atoms with Crippen LogP contribution in [0.5, 0.6) is 5.88 Å². The fraction of sp³-hybridized carbons (Fsp3) is 0.150. The van der Waals surface area contributed by atoms with Gasteiger partial charge in [-0.3, -0.25) is 4.79 Å². The molecule has 0 fully saturated rings. The number of pyridine rings is 2. The highest BCUT2D eigenvalue weighted by Gasteiger charge is 2.16. The largest absolute Gasteiger partial charge is 0.480 e. The number of rotatable bonds is 5. The van der Waals surface area contributed by atoms with E-state index in [0.29, 0.717) is 28.7 Å². The monoisotopic (exact) mass is 389 g/mol. The number of nitrogens with one attached hydrogen (secondary N) is 3. The SMILES string of the molecule is CNC(=O)c1nccc2c(-c3cnc(Nc4cnc(OC)cn4)cc3C)c[nH]c12. The molecule has 3 N–H and O–H groups in total. The average molecular weight is 389 g/mol. The van der Waals surface area contributed by atoms with Gasteiger partial charge in [0.25, 0.3) is 5.91 Å². The van der Waals surface area contributed by atoms with Crippen LogP contribution in [0.15, 0.2) is 43.1 Å². The van der Waals surface area contributed by atoms with E-state index in [1.807, 2.05) is 25.3 Å². The molecule has 4 heterocycles. The van der Waals surface area contributed by atoms with Gasteiger partial charge >= 0.3 is 0 Å². The predicted molar refractivity (Wildman–Crippen MR) is 109 cm³/mol. The van der Waals surface area contributed by atoms with Crippen LogP contribution in [0, 0.1) is 6.92 Å². The van der Waals surface area contributed by atoms with Crippen LogP contribution in [0.3, 0.4) is 0 Å². The molecule has 0 saturated carbocycles. The number of ether oxygens (including phenoxy) is 1. The van der Waals surface area contributed by atoms with Crippen LogP contribution < -0.4 is 15.4 Å². The molecule has 0 atom stereocenters. The number of nitrogens with zero attached hydrogens (tertiary/aromatic N) is 4. The minimum atomic E-state index is -0.237. The molecular formula is C20H19N7O2. The molecule has 0 aliphatic heterocycles. The summed E-state index contributed by atoms with van der Waals surface area (Å²) < 4.78 is 5.01. The number of amides is 1. The van der Waals surface area contributed by atoms with Gasteiger partial charge in [-0.05, 0) is 24.6 Å². The summed E-state index contributed by atoms with van der Waals surface area (Å²) in [6.45, 7) is 2.00. The molecular weight excluding hydrogens is 370 g/mol. The molecule has 4 rings (SSSR count). The van der Waals surface area contributed by atoms with E-state index in [1.54, 1.807) is 32.7 Å². The summed E-state index contributed by atoms with van der Waals surface area (Å²) in [4.78, 5) is 32.3. The number of hydrogen-bond acceptors (Lipinski definition) is 7. The lowest BCUT2D eigenvalue weighted by molar-refractivity contribution is 0.0960. The first-order chi connectivity index (χ1) is 14.1. The first-order valence-electron chi connectivity index (χ1n) is 8.89. The third kappa shape index (κ3) is 3.45. The number of carbonyl (C=O) groups excluding carboxylic acids is 1. The first-order valence-corrected chi connectivity index (χ1v) is 8.89. The number of aromatic amines is 1. The van der Waals surface area contributed by atoms with E-state index in [4.69, 9.17) is 4.74 Å². The lowest BCUT2D eigenvalue weighted by Crippen LogP contribution is -2.19. The molecule has 0 aromatic carbocycles. The van der Waals surface area contributed by atoms with Crippen LogP contribution in [0.2, 0.25) is 0 Å². The number of fused-ring (bicyclic) bond motifs is 1. The zero-order chi connectivity index (χ0) is 20.4. The van der Waals surface area contributed by atoms with Crippen molar-refractivity contribution in [1.29, 1.82) is 0 Å². The topological polar surface area (TPSA) is 118 Å². The highest BCUT2D eigenvalue weighted by molar-refractivity contribution is 6.07. The van der Waals surface area contributed by atoms with Crippen molar-refractivity contribution in [2.75, 3.05) is 19.5 Å². The third-order valence-corrected chi connectivity index (χ3v) is 4.54. The van der Waals surface area contributed by atoms with Crippen LogP contribution in [0.4, 0.5) is 11.6 Å². The molecule has 0 aliphatic carbocycles. The van der Waals surface area contributed by atoms with E-state index in [-0.39, 0.29) is 5.91 Å². The van der Waals surface area contributed by atoms with Gasteiger partial charge in [0.05, 0.1) is 25.0 Å². The molecule has 146 valence electrons. The van der Waals surface area contributed by atoms with Gasteiger partial charge in [0.2, 0.25) is 5.88 Å². The first kappa shape index (κ1) is 18.4. The van der Waals surface area contributed by atoms with Gasteiger partial charge in [0.15, 0.2) is 5.69 Å². The van der Waals surface area contributed by atoms with Crippen LogP contribution in [-0.4, -0.2) is 45.0 Å². The zero-order valence-corrected chi connectivity index (χ0v) is 16.1. The van der Waals surface area contributed by atoms with Gasteiger partial charge in [0, 0.05) is 42.2 Å². The summed E-state index contributed by atoms with van der Waals surface area (Å²) in [6, 6.07) is 3.81. The molecule has 9 heteroatoms. The molecule has 0 bridgehead atoms. The summed E-state index contributed by atoms with van der Waals surface area (Å²) >= 11 is 0. The summed E-state index contributed by atoms with van der Waals surface area (Å²) in [5.41, 5.74) is 3.98. The summed E-state index contributed by atoms with van der Waals surface area (Å²) in [6.07, 6.45) is 8.40. The number of hydrogen-bond donors (Lipinski definition) is 3. The van der Waals surface area contributed by atoms with Crippen molar-refractivity contribution in [2.24, 2.45) is 0 Å². The lowest BCUT2D eigenvalue weighted by Gasteiger charge is -2.09. The number of carbonyl (C=O) groups is 1. The second-order valence-corrected chi connectivity index (χ2v) is 6.32.